The van der Waals surface area contributed by atoms with Gasteiger partial charge in [-0.05, 0) is 97.5 Å². The van der Waals surface area contributed by atoms with Gasteiger partial charge in [0.2, 0.25) is 5.82 Å². The minimum absolute atomic E-state index is 0.00605. The van der Waals surface area contributed by atoms with Crippen LogP contribution in [0, 0.1) is 19.8 Å². The number of aryl methyl sites for hydroxylation is 2. The lowest BCUT2D eigenvalue weighted by Gasteiger charge is -2.15. The fourth-order valence-electron chi connectivity index (χ4n) is 4.79. The summed E-state index contributed by atoms with van der Waals surface area (Å²) < 4.78 is 5.96. The highest BCUT2D eigenvalue weighted by Gasteiger charge is 2.45. The molecule has 0 bridgehead atoms. The summed E-state index contributed by atoms with van der Waals surface area (Å²) in [5.74, 6) is 0.0969. The monoisotopic (exact) mass is 513 g/mol. The van der Waals surface area contributed by atoms with Crippen LogP contribution in [0.25, 0.3) is 22.5 Å². The number of aliphatic hydroxyl groups is 1. The third-order valence-corrected chi connectivity index (χ3v) is 6.64. The number of carboxylic acid groups (broad SMARTS) is 1. The highest BCUT2D eigenvalue weighted by atomic mass is 16.5. The number of ether oxygens (including phenoxy) is 1. The number of benzene rings is 2. The van der Waals surface area contributed by atoms with Gasteiger partial charge in [-0.15, -0.1) is 10.2 Å². The Hall–Kier alpha value is -4.11. The molecule has 2 N–H and O–H groups in total. The molecular weight excluding hydrogens is 482 g/mol. The molecule has 2 atom stereocenters. The molecule has 196 valence electrons. The van der Waals surface area contributed by atoms with Gasteiger partial charge in [-0.3, -0.25) is 9.78 Å². The maximum Gasteiger partial charge on any atom is 0.307 e. The Balaban J connectivity index is 1.28. The van der Waals surface area contributed by atoms with Gasteiger partial charge in [0.05, 0.1) is 24.3 Å². The third kappa shape index (κ3) is 5.73. The molecule has 1 aliphatic carbocycles. The first kappa shape index (κ1) is 25.5. The molecular formula is C29H31N5O4. The van der Waals surface area contributed by atoms with Crippen molar-refractivity contribution in [3.63, 3.8) is 0 Å². The zero-order chi connectivity index (χ0) is 27.0. The second-order valence-electron chi connectivity index (χ2n) is 10.6. The van der Waals surface area contributed by atoms with Crippen LogP contribution in [0.3, 0.4) is 0 Å². The second-order valence-corrected chi connectivity index (χ2v) is 10.6. The zero-order valence-corrected chi connectivity index (χ0v) is 21.9. The summed E-state index contributed by atoms with van der Waals surface area (Å²) in [6, 6.07) is 16.1. The van der Waals surface area contributed by atoms with E-state index in [1.165, 1.54) is 4.80 Å². The number of tetrazole rings is 1. The number of carboxylic acids is 1. The van der Waals surface area contributed by atoms with Crippen LogP contribution in [0.15, 0.2) is 54.7 Å². The fourth-order valence-corrected chi connectivity index (χ4v) is 4.79. The number of rotatable bonds is 9. The minimum Gasteiger partial charge on any atom is -0.487 e. The molecule has 2 aromatic carbocycles. The maximum atomic E-state index is 11.1. The Kier molecular flexibility index (Phi) is 6.71. The first-order chi connectivity index (χ1) is 18.1. The standard InChI is InChI=1S/C29H31N5O4/c1-17-10-21(27-31-33-34(32-27)16-29(3,4)37)11-18(2)26(17)20-7-5-6-19(12-20)15-38-22-8-9-25(30-14-22)23-13-24(23)28(35)36/h5-12,14,23-24,37H,13,15-16H2,1-4H3,(H,35,36)/t23-,24-/m0/s1. The summed E-state index contributed by atoms with van der Waals surface area (Å²) in [5, 5.41) is 31.8. The van der Waals surface area contributed by atoms with Crippen molar-refractivity contribution >= 4 is 5.97 Å². The van der Waals surface area contributed by atoms with E-state index in [1.54, 1.807) is 20.0 Å². The van der Waals surface area contributed by atoms with Crippen molar-refractivity contribution in [3.8, 4) is 28.3 Å². The summed E-state index contributed by atoms with van der Waals surface area (Å²) in [4.78, 5) is 16.9. The first-order valence-electron chi connectivity index (χ1n) is 12.6. The lowest BCUT2D eigenvalue weighted by Crippen LogP contribution is -2.27. The largest absolute Gasteiger partial charge is 0.487 e. The average molecular weight is 514 g/mol. The van der Waals surface area contributed by atoms with Crippen LogP contribution in [0.5, 0.6) is 5.75 Å². The Morgan fingerprint density at radius 2 is 1.87 bits per heavy atom. The van der Waals surface area contributed by atoms with E-state index in [-0.39, 0.29) is 18.4 Å². The molecule has 0 unspecified atom stereocenters. The summed E-state index contributed by atoms with van der Waals surface area (Å²) in [7, 11) is 0. The number of aliphatic carboxylic acids is 1. The van der Waals surface area contributed by atoms with Crippen LogP contribution in [0.1, 0.15) is 48.6 Å². The van der Waals surface area contributed by atoms with Crippen LogP contribution in [-0.2, 0) is 17.9 Å². The van der Waals surface area contributed by atoms with Crippen LogP contribution in [0.2, 0.25) is 0 Å². The predicted molar refractivity (Wildman–Crippen MR) is 142 cm³/mol. The molecule has 5 rings (SSSR count). The number of aromatic nitrogens is 5. The molecule has 0 saturated heterocycles. The number of pyridine rings is 1. The lowest BCUT2D eigenvalue weighted by atomic mass is 9.92. The Labute approximate surface area is 221 Å². The molecule has 1 fully saturated rings. The average Bonchev–Trinajstić information content (AvgIpc) is 3.54. The van der Waals surface area contributed by atoms with Gasteiger partial charge in [0.25, 0.3) is 0 Å². The van der Waals surface area contributed by atoms with Gasteiger partial charge in [-0.2, -0.15) is 4.80 Å². The van der Waals surface area contributed by atoms with E-state index in [2.05, 4.69) is 58.5 Å². The molecule has 0 radical (unpaired) electrons. The van der Waals surface area contributed by atoms with Gasteiger partial charge in [0, 0.05) is 17.2 Å². The lowest BCUT2D eigenvalue weighted by molar-refractivity contribution is -0.138. The van der Waals surface area contributed by atoms with Crippen molar-refractivity contribution in [2.24, 2.45) is 5.92 Å². The molecule has 2 aromatic heterocycles. The van der Waals surface area contributed by atoms with Gasteiger partial charge in [0.15, 0.2) is 0 Å². The summed E-state index contributed by atoms with van der Waals surface area (Å²) in [5.41, 5.74) is 6.20. The van der Waals surface area contributed by atoms with E-state index in [4.69, 9.17) is 9.84 Å². The SMILES string of the molecule is Cc1cc(-c2nnn(CC(C)(C)O)n2)cc(C)c1-c1cccc(COc2ccc([C@H]3C[C@@H]3C(=O)O)nc2)c1. The smallest absolute Gasteiger partial charge is 0.307 e. The summed E-state index contributed by atoms with van der Waals surface area (Å²) >= 11 is 0. The molecule has 1 aliphatic rings. The number of nitrogens with zero attached hydrogens (tertiary/aromatic N) is 5. The van der Waals surface area contributed by atoms with Crippen LogP contribution in [-0.4, -0.2) is 47.0 Å². The molecule has 9 heteroatoms. The number of hydrogen-bond acceptors (Lipinski definition) is 7. The Morgan fingerprint density at radius 3 is 2.50 bits per heavy atom. The molecule has 0 spiro atoms. The van der Waals surface area contributed by atoms with Crippen molar-refractivity contribution in [2.75, 3.05) is 0 Å². The molecule has 0 aliphatic heterocycles. The fraction of sp³-hybridized carbons (Fsp3) is 0.345. The van der Waals surface area contributed by atoms with E-state index in [0.29, 0.717) is 24.6 Å². The number of carbonyl (C=O) groups is 1. The summed E-state index contributed by atoms with van der Waals surface area (Å²) in [6.45, 7) is 8.20. The maximum absolute atomic E-state index is 11.1. The van der Waals surface area contributed by atoms with E-state index in [1.807, 2.05) is 24.3 Å². The van der Waals surface area contributed by atoms with Crippen LogP contribution < -0.4 is 4.74 Å². The molecule has 2 heterocycles. The second kappa shape index (κ2) is 9.98. The van der Waals surface area contributed by atoms with Gasteiger partial charge in [0.1, 0.15) is 12.4 Å². The third-order valence-electron chi connectivity index (χ3n) is 6.64. The Morgan fingerprint density at radius 1 is 1.11 bits per heavy atom. The predicted octanol–water partition coefficient (Wildman–Crippen LogP) is 4.56. The van der Waals surface area contributed by atoms with Gasteiger partial charge >= 0.3 is 5.97 Å². The summed E-state index contributed by atoms with van der Waals surface area (Å²) in [6.07, 6.45) is 2.31. The van der Waals surface area contributed by atoms with E-state index < -0.39 is 11.6 Å². The molecule has 0 amide bonds. The van der Waals surface area contributed by atoms with Crippen LogP contribution >= 0.6 is 0 Å². The highest BCUT2D eigenvalue weighted by molar-refractivity contribution is 5.76. The molecule has 9 nitrogen and oxygen atoms in total. The van der Waals surface area contributed by atoms with E-state index >= 15 is 0 Å². The topological polar surface area (TPSA) is 123 Å². The normalized spacial score (nSPS) is 16.9. The van der Waals surface area contributed by atoms with Crippen molar-refractivity contribution in [1.29, 1.82) is 0 Å². The van der Waals surface area contributed by atoms with Gasteiger partial charge in [-0.1, -0.05) is 18.2 Å². The van der Waals surface area contributed by atoms with Gasteiger partial charge < -0.3 is 14.9 Å². The number of hydrogen-bond donors (Lipinski definition) is 2. The van der Waals surface area contributed by atoms with Crippen LogP contribution in [0.4, 0.5) is 0 Å². The van der Waals surface area contributed by atoms with Crippen molar-refractivity contribution in [3.05, 3.63) is 77.1 Å². The van der Waals surface area contributed by atoms with Crippen molar-refractivity contribution < 1.29 is 19.7 Å². The van der Waals surface area contributed by atoms with Gasteiger partial charge in [-0.25, -0.2) is 0 Å². The first-order valence-corrected chi connectivity index (χ1v) is 12.6. The van der Waals surface area contributed by atoms with E-state index in [0.717, 1.165) is 39.1 Å². The minimum atomic E-state index is -0.926. The van der Waals surface area contributed by atoms with E-state index in [9.17, 15) is 9.90 Å². The van der Waals surface area contributed by atoms with Crippen molar-refractivity contribution in [2.45, 2.75) is 58.8 Å². The molecule has 4 aromatic rings. The molecule has 1 saturated carbocycles. The zero-order valence-electron chi connectivity index (χ0n) is 21.9. The quantitative estimate of drug-likeness (QED) is 0.334. The van der Waals surface area contributed by atoms with Crippen molar-refractivity contribution in [1.82, 2.24) is 25.2 Å². The highest BCUT2D eigenvalue weighted by Crippen LogP contribution is 2.46. The molecule has 38 heavy (non-hydrogen) atoms. The Bertz CT molecular complexity index is 1450.